The molecule has 0 radical (unpaired) electrons. The fourth-order valence-electron chi connectivity index (χ4n) is 1.50. The van der Waals surface area contributed by atoms with E-state index < -0.39 is 0 Å². The minimum absolute atomic E-state index is 0.00324. The van der Waals surface area contributed by atoms with Crippen molar-refractivity contribution < 1.29 is 9.53 Å². The molecular formula is C10H13NO2. The Morgan fingerprint density at radius 3 is 2.54 bits per heavy atom. The van der Waals surface area contributed by atoms with E-state index in [1.54, 1.807) is 0 Å². The summed E-state index contributed by atoms with van der Waals surface area (Å²) in [6, 6.07) is 0.138. The molecule has 0 heterocycles. The summed E-state index contributed by atoms with van der Waals surface area (Å²) in [5, 5.41) is 0. The van der Waals surface area contributed by atoms with Gasteiger partial charge in [0.05, 0.1) is 0 Å². The fourth-order valence-corrected chi connectivity index (χ4v) is 1.50. The molecule has 1 rings (SSSR count). The number of hydrogen-bond donors (Lipinski definition) is 0. The average Bonchev–Trinajstić information content (AvgIpc) is 2.19. The second kappa shape index (κ2) is 4.66. The normalized spacial score (nSPS) is 27.3. The van der Waals surface area contributed by atoms with Gasteiger partial charge in [-0.15, -0.1) is 0 Å². The molecule has 1 aliphatic carbocycles. The number of ether oxygens (including phenoxy) is 1. The summed E-state index contributed by atoms with van der Waals surface area (Å²) in [5.74, 6) is -0.355. The van der Waals surface area contributed by atoms with Crippen LogP contribution < -0.4 is 0 Å². The summed E-state index contributed by atoms with van der Waals surface area (Å²) in [6.07, 6.45) is 4.50. The quantitative estimate of drug-likeness (QED) is 0.368. The number of carbonyl (C=O) groups excluding carboxylic acids is 1. The van der Waals surface area contributed by atoms with Crippen LogP contribution in [0.25, 0.3) is 4.85 Å². The smallest absolute Gasteiger partial charge is 0.330 e. The molecule has 1 aliphatic rings. The van der Waals surface area contributed by atoms with Crippen LogP contribution in [-0.2, 0) is 9.53 Å². The van der Waals surface area contributed by atoms with Gasteiger partial charge >= 0.3 is 5.97 Å². The van der Waals surface area contributed by atoms with Crippen LogP contribution in [-0.4, -0.2) is 18.1 Å². The number of hydrogen-bond acceptors (Lipinski definition) is 2. The summed E-state index contributed by atoms with van der Waals surface area (Å²) in [5.41, 5.74) is 0. The van der Waals surface area contributed by atoms with Crippen LogP contribution in [0.2, 0.25) is 0 Å². The lowest BCUT2D eigenvalue weighted by Crippen LogP contribution is -2.24. The number of nitrogens with zero attached hydrogens (tertiary/aromatic N) is 1. The second-order valence-corrected chi connectivity index (χ2v) is 3.20. The van der Waals surface area contributed by atoms with Gasteiger partial charge < -0.3 is 9.58 Å². The lowest BCUT2D eigenvalue weighted by atomic mass is 9.93. The van der Waals surface area contributed by atoms with Crippen molar-refractivity contribution in [2.75, 3.05) is 0 Å². The van der Waals surface area contributed by atoms with Crippen molar-refractivity contribution in [3.8, 4) is 0 Å². The van der Waals surface area contributed by atoms with Crippen LogP contribution >= 0.6 is 0 Å². The lowest BCUT2D eigenvalue weighted by molar-refractivity contribution is -0.144. The molecule has 3 nitrogen and oxygen atoms in total. The maximum atomic E-state index is 10.8. The highest BCUT2D eigenvalue weighted by molar-refractivity contribution is 5.81. The van der Waals surface area contributed by atoms with Gasteiger partial charge in [-0.1, -0.05) is 6.58 Å². The van der Waals surface area contributed by atoms with Crippen LogP contribution in [0.1, 0.15) is 25.7 Å². The molecule has 1 saturated carbocycles. The summed E-state index contributed by atoms with van der Waals surface area (Å²) in [4.78, 5) is 14.3. The fraction of sp³-hybridized carbons (Fsp3) is 0.600. The lowest BCUT2D eigenvalue weighted by Gasteiger charge is -2.21. The Balaban J connectivity index is 2.29. The molecule has 0 atom stereocenters. The minimum atomic E-state index is -0.355. The maximum absolute atomic E-state index is 10.8. The van der Waals surface area contributed by atoms with E-state index in [1.807, 2.05) is 0 Å². The van der Waals surface area contributed by atoms with Crippen molar-refractivity contribution in [1.82, 2.24) is 0 Å². The van der Waals surface area contributed by atoms with E-state index >= 15 is 0 Å². The summed E-state index contributed by atoms with van der Waals surface area (Å²) >= 11 is 0. The standard InChI is InChI=1S/C10H13NO2/c1-3-10(12)13-9-6-4-8(11-2)5-7-9/h3,8-9H,1,4-7H2. The van der Waals surface area contributed by atoms with Gasteiger partial charge in [0.15, 0.2) is 0 Å². The Bertz CT molecular complexity index is 234. The van der Waals surface area contributed by atoms with Crippen LogP contribution in [0, 0.1) is 6.57 Å². The zero-order chi connectivity index (χ0) is 9.68. The molecule has 0 N–H and O–H groups in total. The molecule has 3 heteroatoms. The van der Waals surface area contributed by atoms with E-state index in [2.05, 4.69) is 11.4 Å². The van der Waals surface area contributed by atoms with E-state index in [-0.39, 0.29) is 18.1 Å². The van der Waals surface area contributed by atoms with Crippen molar-refractivity contribution >= 4 is 5.97 Å². The molecule has 0 aliphatic heterocycles. The van der Waals surface area contributed by atoms with Crippen molar-refractivity contribution in [3.05, 3.63) is 24.1 Å². The van der Waals surface area contributed by atoms with E-state index in [0.717, 1.165) is 25.7 Å². The first-order chi connectivity index (χ1) is 6.26. The second-order valence-electron chi connectivity index (χ2n) is 3.20. The first-order valence-corrected chi connectivity index (χ1v) is 4.46. The molecule has 13 heavy (non-hydrogen) atoms. The van der Waals surface area contributed by atoms with Crippen LogP contribution in [0.5, 0.6) is 0 Å². The SMILES string of the molecule is [C-]#[N+]C1CCC(OC(=O)C=C)CC1. The summed E-state index contributed by atoms with van der Waals surface area (Å²) in [7, 11) is 0. The Morgan fingerprint density at radius 2 is 2.08 bits per heavy atom. The molecule has 0 saturated heterocycles. The zero-order valence-electron chi connectivity index (χ0n) is 7.53. The maximum Gasteiger partial charge on any atom is 0.330 e. The van der Waals surface area contributed by atoms with Crippen LogP contribution in [0.3, 0.4) is 0 Å². The monoisotopic (exact) mass is 179 g/mol. The van der Waals surface area contributed by atoms with Crippen molar-refractivity contribution in [1.29, 1.82) is 0 Å². The first-order valence-electron chi connectivity index (χ1n) is 4.46. The van der Waals surface area contributed by atoms with Gasteiger partial charge in [-0.2, -0.15) is 0 Å². The zero-order valence-corrected chi connectivity index (χ0v) is 7.53. The van der Waals surface area contributed by atoms with E-state index in [0.29, 0.717) is 0 Å². The molecule has 0 unspecified atom stereocenters. The van der Waals surface area contributed by atoms with Gasteiger partial charge in [-0.3, -0.25) is 0 Å². The van der Waals surface area contributed by atoms with Crippen molar-refractivity contribution in [3.63, 3.8) is 0 Å². The van der Waals surface area contributed by atoms with Gasteiger partial charge in [-0.05, 0) is 12.8 Å². The summed E-state index contributed by atoms with van der Waals surface area (Å²) < 4.78 is 5.07. The molecule has 0 aromatic heterocycles. The highest BCUT2D eigenvalue weighted by Gasteiger charge is 2.25. The third-order valence-electron chi connectivity index (χ3n) is 2.28. The highest BCUT2D eigenvalue weighted by Crippen LogP contribution is 2.23. The third-order valence-corrected chi connectivity index (χ3v) is 2.28. The molecular weight excluding hydrogens is 166 g/mol. The number of carbonyl (C=O) groups is 1. The van der Waals surface area contributed by atoms with Gasteiger partial charge in [0.2, 0.25) is 6.04 Å². The number of esters is 1. The predicted octanol–water partition coefficient (Wildman–Crippen LogP) is 1.95. The Morgan fingerprint density at radius 1 is 1.46 bits per heavy atom. The molecule has 70 valence electrons. The van der Waals surface area contributed by atoms with Gasteiger partial charge in [-0.25, -0.2) is 11.4 Å². The Hall–Kier alpha value is -1.30. The minimum Gasteiger partial charge on any atom is -0.459 e. The molecule has 0 aromatic rings. The van der Waals surface area contributed by atoms with Gasteiger partial charge in [0.1, 0.15) is 6.10 Å². The van der Waals surface area contributed by atoms with Crippen LogP contribution in [0.4, 0.5) is 0 Å². The number of rotatable bonds is 2. The molecule has 1 fully saturated rings. The molecule has 0 spiro atoms. The molecule has 0 aromatic carbocycles. The molecule has 0 amide bonds. The van der Waals surface area contributed by atoms with Crippen LogP contribution in [0.15, 0.2) is 12.7 Å². The van der Waals surface area contributed by atoms with E-state index in [1.165, 1.54) is 6.08 Å². The Kier molecular flexibility index (Phi) is 3.51. The predicted molar refractivity (Wildman–Crippen MR) is 48.9 cm³/mol. The third kappa shape index (κ3) is 2.90. The van der Waals surface area contributed by atoms with E-state index in [4.69, 9.17) is 11.3 Å². The summed E-state index contributed by atoms with van der Waals surface area (Å²) in [6.45, 7) is 10.2. The first kappa shape index (κ1) is 9.79. The topological polar surface area (TPSA) is 30.7 Å². The largest absolute Gasteiger partial charge is 0.459 e. The van der Waals surface area contributed by atoms with Gasteiger partial charge in [0, 0.05) is 18.9 Å². The van der Waals surface area contributed by atoms with Crippen molar-refractivity contribution in [2.45, 2.75) is 37.8 Å². The highest BCUT2D eigenvalue weighted by atomic mass is 16.5. The van der Waals surface area contributed by atoms with Gasteiger partial charge in [0.25, 0.3) is 0 Å². The molecule has 0 bridgehead atoms. The van der Waals surface area contributed by atoms with E-state index in [9.17, 15) is 4.79 Å². The average molecular weight is 179 g/mol. The van der Waals surface area contributed by atoms with Crippen molar-refractivity contribution in [2.24, 2.45) is 0 Å². The Labute approximate surface area is 78.2 Å².